The molecule has 11 nitrogen and oxygen atoms in total. The van der Waals surface area contributed by atoms with Crippen LogP contribution in [0.1, 0.15) is 84.8 Å². The number of hydrogen-bond donors (Lipinski definition) is 6. The summed E-state index contributed by atoms with van der Waals surface area (Å²) < 4.78 is 12.9. The molecule has 0 aromatic heterocycles. The summed E-state index contributed by atoms with van der Waals surface area (Å²) in [4.78, 5) is 25.3. The van der Waals surface area contributed by atoms with Gasteiger partial charge in [0.25, 0.3) is 0 Å². The van der Waals surface area contributed by atoms with Crippen LogP contribution in [0.25, 0.3) is 0 Å². The standard InChI is InChI=1S/C35H45N3O8/c1-38(22-31(41)28-6-5-7-29(40)18-28)21-30-19-32(26-14-12-25(23-39)13-15-26)46-35(45-30)27-16-10-24(11-17-27)20-36-33(42)8-3-2-4-9-34(43)37-44/h5-7,10-18,30-32,35,39-41,44H,2-4,8-9,19-23H2,1H3,(H,36,42)(H,37,43)/t30-,31+,32+,35+/m0/s1. The van der Waals surface area contributed by atoms with E-state index in [0.29, 0.717) is 50.9 Å². The Kier molecular flexibility index (Phi) is 13.5. The minimum Gasteiger partial charge on any atom is -0.508 e. The summed E-state index contributed by atoms with van der Waals surface area (Å²) in [5.74, 6) is -0.378. The normalized spacial score (nSPS) is 18.7. The number of hydroxylamine groups is 1. The summed E-state index contributed by atoms with van der Waals surface area (Å²) in [7, 11) is 1.92. The molecule has 2 amide bonds. The molecule has 4 atom stereocenters. The number of carbonyl (C=O) groups is 2. The highest BCUT2D eigenvalue weighted by atomic mass is 16.7. The van der Waals surface area contributed by atoms with Gasteiger partial charge in [-0.2, -0.15) is 0 Å². The van der Waals surface area contributed by atoms with Gasteiger partial charge in [0.1, 0.15) is 5.75 Å². The number of carbonyl (C=O) groups excluding carboxylic acids is 2. The molecule has 0 spiro atoms. The maximum atomic E-state index is 12.3. The Morgan fingerprint density at radius 2 is 1.59 bits per heavy atom. The van der Waals surface area contributed by atoms with Crippen molar-refractivity contribution in [2.75, 3.05) is 20.1 Å². The third-order valence-corrected chi connectivity index (χ3v) is 8.04. The van der Waals surface area contributed by atoms with Crippen molar-refractivity contribution in [3.8, 4) is 5.75 Å². The first-order valence-corrected chi connectivity index (χ1v) is 15.7. The number of aromatic hydroxyl groups is 1. The topological polar surface area (TPSA) is 161 Å². The predicted molar refractivity (Wildman–Crippen MR) is 170 cm³/mol. The first-order valence-electron chi connectivity index (χ1n) is 15.7. The van der Waals surface area contributed by atoms with Gasteiger partial charge in [0, 0.05) is 44.5 Å². The molecule has 0 bridgehead atoms. The van der Waals surface area contributed by atoms with E-state index in [-0.39, 0.29) is 36.9 Å². The van der Waals surface area contributed by atoms with Crippen molar-refractivity contribution in [1.29, 1.82) is 0 Å². The molecule has 3 aromatic rings. The summed E-state index contributed by atoms with van der Waals surface area (Å²) in [6.45, 7) is 1.24. The average Bonchev–Trinajstić information content (AvgIpc) is 3.07. The van der Waals surface area contributed by atoms with E-state index < -0.39 is 18.3 Å². The Labute approximate surface area is 269 Å². The fourth-order valence-electron chi connectivity index (χ4n) is 5.47. The number of ether oxygens (including phenoxy) is 2. The minimum absolute atomic E-state index is 0.0369. The van der Waals surface area contributed by atoms with Crippen LogP contribution in [0.15, 0.2) is 72.8 Å². The quantitative estimate of drug-likeness (QED) is 0.0771. The van der Waals surface area contributed by atoms with E-state index in [2.05, 4.69) is 5.32 Å². The van der Waals surface area contributed by atoms with E-state index in [0.717, 1.165) is 28.7 Å². The third-order valence-electron chi connectivity index (χ3n) is 8.04. The van der Waals surface area contributed by atoms with E-state index in [1.807, 2.05) is 60.5 Å². The molecule has 0 saturated carbocycles. The Morgan fingerprint density at radius 3 is 2.26 bits per heavy atom. The van der Waals surface area contributed by atoms with Crippen LogP contribution in [0.4, 0.5) is 0 Å². The monoisotopic (exact) mass is 635 g/mol. The minimum atomic E-state index is -0.775. The van der Waals surface area contributed by atoms with Gasteiger partial charge in [-0.25, -0.2) is 5.48 Å². The molecule has 1 fully saturated rings. The molecule has 11 heteroatoms. The van der Waals surface area contributed by atoms with Gasteiger partial charge >= 0.3 is 0 Å². The second-order valence-corrected chi connectivity index (χ2v) is 11.8. The van der Waals surface area contributed by atoms with Gasteiger partial charge < -0.3 is 35.0 Å². The van der Waals surface area contributed by atoms with Crippen LogP contribution in [0.5, 0.6) is 5.75 Å². The highest BCUT2D eigenvalue weighted by molar-refractivity contribution is 5.76. The third kappa shape index (κ3) is 10.9. The summed E-state index contributed by atoms with van der Waals surface area (Å²) in [6, 6.07) is 22.0. The summed E-state index contributed by atoms with van der Waals surface area (Å²) in [6.07, 6.45) is 1.32. The number of rotatable bonds is 16. The fourth-order valence-corrected chi connectivity index (χ4v) is 5.47. The first-order chi connectivity index (χ1) is 22.2. The molecule has 3 aromatic carbocycles. The van der Waals surface area contributed by atoms with Crippen LogP contribution in [-0.4, -0.2) is 63.5 Å². The van der Waals surface area contributed by atoms with E-state index in [9.17, 15) is 24.9 Å². The molecule has 1 aliphatic heterocycles. The SMILES string of the molecule is CN(C[C@@H]1C[C@H](c2ccc(CO)cc2)O[C@H](c2ccc(CNC(=O)CCCCCC(=O)NO)cc2)O1)C[C@@H](O)c1cccc(O)c1. The molecule has 0 aliphatic carbocycles. The van der Waals surface area contributed by atoms with Crippen molar-refractivity contribution in [2.45, 2.75) is 76.3 Å². The van der Waals surface area contributed by atoms with Crippen LogP contribution in [0.2, 0.25) is 0 Å². The van der Waals surface area contributed by atoms with Gasteiger partial charge in [-0.1, -0.05) is 67.1 Å². The van der Waals surface area contributed by atoms with Crippen LogP contribution in [-0.2, 0) is 32.2 Å². The number of phenolic OH excluding ortho intramolecular Hbond substituents is 1. The molecular formula is C35H45N3O8. The number of benzene rings is 3. The zero-order valence-corrected chi connectivity index (χ0v) is 26.2. The van der Waals surface area contributed by atoms with Gasteiger partial charge in [0.05, 0.1) is 24.9 Å². The second-order valence-electron chi connectivity index (χ2n) is 11.8. The van der Waals surface area contributed by atoms with Crippen LogP contribution >= 0.6 is 0 Å². The number of aliphatic hydroxyl groups excluding tert-OH is 2. The zero-order valence-electron chi connectivity index (χ0n) is 26.2. The number of hydrogen-bond acceptors (Lipinski definition) is 9. The Bertz CT molecular complexity index is 1390. The molecule has 0 unspecified atom stereocenters. The van der Waals surface area contributed by atoms with E-state index in [1.54, 1.807) is 29.7 Å². The number of nitrogens with zero attached hydrogens (tertiary/aromatic N) is 1. The van der Waals surface area contributed by atoms with E-state index >= 15 is 0 Å². The van der Waals surface area contributed by atoms with Crippen molar-refractivity contribution in [3.63, 3.8) is 0 Å². The Hall–Kier alpha value is -3.84. The number of unbranched alkanes of at least 4 members (excludes halogenated alkanes) is 2. The zero-order chi connectivity index (χ0) is 32.9. The molecule has 1 heterocycles. The van der Waals surface area contributed by atoms with E-state index in [4.69, 9.17) is 14.7 Å². The highest BCUT2D eigenvalue weighted by Gasteiger charge is 2.33. The first kappa shape index (κ1) is 35.0. The van der Waals surface area contributed by atoms with Gasteiger partial charge in [-0.3, -0.25) is 14.8 Å². The van der Waals surface area contributed by atoms with Crippen LogP contribution in [0, 0.1) is 0 Å². The Morgan fingerprint density at radius 1 is 0.913 bits per heavy atom. The van der Waals surface area contributed by atoms with Gasteiger partial charge in [-0.15, -0.1) is 0 Å². The smallest absolute Gasteiger partial charge is 0.243 e. The lowest BCUT2D eigenvalue weighted by Crippen LogP contribution is -2.39. The lowest BCUT2D eigenvalue weighted by molar-refractivity contribution is -0.252. The van der Waals surface area contributed by atoms with E-state index in [1.165, 1.54) is 0 Å². The van der Waals surface area contributed by atoms with Crippen molar-refractivity contribution in [1.82, 2.24) is 15.7 Å². The number of likely N-dealkylation sites (N-methyl/N-ethyl adjacent to an activating group) is 1. The van der Waals surface area contributed by atoms with Gasteiger partial charge in [0.15, 0.2) is 6.29 Å². The number of phenols is 1. The van der Waals surface area contributed by atoms with Gasteiger partial charge in [-0.05, 0) is 54.3 Å². The van der Waals surface area contributed by atoms with Crippen molar-refractivity contribution < 1.29 is 39.6 Å². The van der Waals surface area contributed by atoms with Crippen molar-refractivity contribution >= 4 is 11.8 Å². The van der Waals surface area contributed by atoms with Crippen molar-refractivity contribution in [3.05, 3.63) is 101 Å². The lowest BCUT2D eigenvalue weighted by Gasteiger charge is -2.38. The summed E-state index contributed by atoms with van der Waals surface area (Å²) in [5.41, 5.74) is 5.81. The fraction of sp³-hybridized carbons (Fsp3) is 0.429. The lowest BCUT2D eigenvalue weighted by atomic mass is 9.99. The maximum Gasteiger partial charge on any atom is 0.243 e. The van der Waals surface area contributed by atoms with Crippen LogP contribution in [0.3, 0.4) is 0 Å². The van der Waals surface area contributed by atoms with Crippen molar-refractivity contribution in [2.24, 2.45) is 0 Å². The molecule has 0 radical (unpaired) electrons. The molecule has 1 aliphatic rings. The Balaban J connectivity index is 1.35. The highest BCUT2D eigenvalue weighted by Crippen LogP contribution is 2.38. The predicted octanol–water partition coefficient (Wildman–Crippen LogP) is 4.17. The number of nitrogens with one attached hydrogen (secondary N) is 2. The molecule has 6 N–H and O–H groups in total. The van der Waals surface area contributed by atoms with Gasteiger partial charge in [0.2, 0.25) is 11.8 Å². The average molecular weight is 636 g/mol. The maximum absolute atomic E-state index is 12.3. The molecular weight excluding hydrogens is 590 g/mol. The largest absolute Gasteiger partial charge is 0.508 e. The molecule has 248 valence electrons. The van der Waals surface area contributed by atoms with Crippen LogP contribution < -0.4 is 10.8 Å². The summed E-state index contributed by atoms with van der Waals surface area (Å²) >= 11 is 0. The number of amides is 2. The molecule has 1 saturated heterocycles. The second kappa shape index (κ2) is 17.7. The molecule has 46 heavy (non-hydrogen) atoms. The summed E-state index contributed by atoms with van der Waals surface area (Å²) in [5, 5.41) is 41.5. The number of aliphatic hydroxyl groups is 2. The molecule has 4 rings (SSSR count).